The van der Waals surface area contributed by atoms with Crippen LogP contribution in [0.2, 0.25) is 0 Å². The summed E-state index contributed by atoms with van der Waals surface area (Å²) in [7, 11) is 1.50. The first-order valence-corrected chi connectivity index (χ1v) is 12.6. The Morgan fingerprint density at radius 3 is 2.79 bits per heavy atom. The van der Waals surface area contributed by atoms with E-state index in [0.717, 1.165) is 16.8 Å². The van der Waals surface area contributed by atoms with Gasteiger partial charge in [-0.1, -0.05) is 30.0 Å². The summed E-state index contributed by atoms with van der Waals surface area (Å²) in [6, 6.07) is 13.0. The Kier molecular flexibility index (Phi) is 7.67. The van der Waals surface area contributed by atoms with Crippen molar-refractivity contribution in [1.29, 1.82) is 0 Å². The molecule has 1 aliphatic heterocycles. The van der Waals surface area contributed by atoms with Crippen LogP contribution >= 0.6 is 51.2 Å². The quantitative estimate of drug-likeness (QED) is 0.283. The number of rotatable bonds is 7. The highest BCUT2D eigenvalue weighted by molar-refractivity contribution is 9.10. The van der Waals surface area contributed by atoms with Gasteiger partial charge in [0.05, 0.1) is 21.4 Å². The molecule has 2 amide bonds. The number of methoxy groups -OCH3 is 1. The fourth-order valence-electron chi connectivity index (χ4n) is 3.03. The largest absolute Gasteiger partial charge is 0.493 e. The van der Waals surface area contributed by atoms with E-state index in [-0.39, 0.29) is 16.7 Å². The van der Waals surface area contributed by atoms with Crippen LogP contribution < -0.4 is 14.9 Å². The molecule has 1 aliphatic rings. The first-order valence-electron chi connectivity index (χ1n) is 9.73. The zero-order valence-electron chi connectivity index (χ0n) is 17.5. The molecule has 6 nitrogen and oxygen atoms in total. The minimum absolute atomic E-state index is 0.147. The molecule has 0 saturated carbocycles. The molecule has 34 heavy (non-hydrogen) atoms. The molecule has 1 saturated heterocycles. The fraction of sp³-hybridized carbons (Fsp3) is 0.0870. The molecule has 2 heterocycles. The number of benzene rings is 2. The zero-order chi connectivity index (χ0) is 24.2. The number of halogens is 2. The van der Waals surface area contributed by atoms with Crippen molar-refractivity contribution in [2.45, 2.75) is 6.61 Å². The molecule has 1 N–H and O–H groups in total. The lowest BCUT2D eigenvalue weighted by atomic mass is 10.1. The van der Waals surface area contributed by atoms with Crippen LogP contribution in [0.5, 0.6) is 11.5 Å². The standard InChI is InChI=1S/C23H16BrFN2O4S3/c1-30-17-10-14(9-16(24)20(17)31-12-13-4-2-5-15(25)8-13)11-19-22(29)27(23(32)34-19)26-21(28)18-6-3-7-33-18/h2-11H,12H2,1H3,(H,26,28)/b19-11+. The second-order valence-corrected chi connectivity index (χ2v) is 10.4. The van der Waals surface area contributed by atoms with Crippen molar-refractivity contribution in [3.05, 3.63) is 85.1 Å². The van der Waals surface area contributed by atoms with Gasteiger partial charge in [-0.25, -0.2) is 4.39 Å². The number of hydrogen-bond acceptors (Lipinski definition) is 7. The van der Waals surface area contributed by atoms with Crippen LogP contribution in [0.3, 0.4) is 0 Å². The number of carbonyl (C=O) groups excluding carboxylic acids is 2. The number of thiocarbonyl (C=S) groups is 1. The van der Waals surface area contributed by atoms with Gasteiger partial charge in [-0.05, 0) is 81.1 Å². The first-order chi connectivity index (χ1) is 16.4. The number of carbonyl (C=O) groups is 2. The second-order valence-electron chi connectivity index (χ2n) is 6.89. The van der Waals surface area contributed by atoms with Crippen LogP contribution in [-0.2, 0) is 11.4 Å². The molecule has 2 aromatic carbocycles. The molecule has 1 fully saturated rings. The average molecular weight is 579 g/mol. The van der Waals surface area contributed by atoms with Crippen LogP contribution in [0.15, 0.2) is 63.3 Å². The van der Waals surface area contributed by atoms with Crippen LogP contribution in [0, 0.1) is 5.82 Å². The SMILES string of the molecule is COc1cc(/C=C2/SC(=S)N(NC(=O)c3cccs3)C2=O)cc(Br)c1OCc1cccc(F)c1. The van der Waals surface area contributed by atoms with E-state index in [1.165, 1.54) is 30.6 Å². The summed E-state index contributed by atoms with van der Waals surface area (Å²) in [5.74, 6) is -0.303. The third-order valence-electron chi connectivity index (χ3n) is 4.57. The lowest BCUT2D eigenvalue weighted by Crippen LogP contribution is -2.44. The molecular weight excluding hydrogens is 563 g/mol. The molecule has 11 heteroatoms. The van der Waals surface area contributed by atoms with E-state index >= 15 is 0 Å². The Balaban J connectivity index is 1.52. The third-order valence-corrected chi connectivity index (χ3v) is 7.33. The lowest BCUT2D eigenvalue weighted by molar-refractivity contribution is -0.123. The maximum absolute atomic E-state index is 13.4. The van der Waals surface area contributed by atoms with Gasteiger partial charge in [0.2, 0.25) is 0 Å². The van der Waals surface area contributed by atoms with Gasteiger partial charge in [0.1, 0.15) is 12.4 Å². The van der Waals surface area contributed by atoms with Crippen molar-refractivity contribution >= 4 is 73.5 Å². The fourth-order valence-corrected chi connectivity index (χ4v) is 5.39. The van der Waals surface area contributed by atoms with Crippen molar-refractivity contribution in [3.63, 3.8) is 0 Å². The Morgan fingerprint density at radius 2 is 2.09 bits per heavy atom. The van der Waals surface area contributed by atoms with E-state index in [2.05, 4.69) is 21.4 Å². The monoisotopic (exact) mass is 578 g/mol. The van der Waals surface area contributed by atoms with Crippen molar-refractivity contribution in [2.75, 3.05) is 7.11 Å². The minimum atomic E-state index is -0.429. The summed E-state index contributed by atoms with van der Waals surface area (Å²) in [6.07, 6.45) is 1.65. The van der Waals surface area contributed by atoms with Gasteiger partial charge in [0.25, 0.3) is 11.8 Å². The second kappa shape index (κ2) is 10.7. The predicted molar refractivity (Wildman–Crippen MR) is 138 cm³/mol. The van der Waals surface area contributed by atoms with E-state index in [9.17, 15) is 14.0 Å². The topological polar surface area (TPSA) is 67.9 Å². The van der Waals surface area contributed by atoms with Gasteiger partial charge in [0, 0.05) is 0 Å². The summed E-state index contributed by atoms with van der Waals surface area (Å²) in [5.41, 5.74) is 3.88. The number of amides is 2. The molecule has 0 atom stereocenters. The smallest absolute Gasteiger partial charge is 0.285 e. The Hall–Kier alpha value is -2.73. The molecule has 0 spiro atoms. The lowest BCUT2D eigenvalue weighted by Gasteiger charge is -2.15. The number of thiophene rings is 1. The molecule has 0 unspecified atom stereocenters. The van der Waals surface area contributed by atoms with E-state index in [4.69, 9.17) is 21.7 Å². The highest BCUT2D eigenvalue weighted by Gasteiger charge is 2.34. The van der Waals surface area contributed by atoms with Crippen molar-refractivity contribution < 1.29 is 23.5 Å². The van der Waals surface area contributed by atoms with Crippen LogP contribution in [-0.4, -0.2) is 28.3 Å². The molecule has 3 aromatic rings. The van der Waals surface area contributed by atoms with Gasteiger partial charge in [-0.2, -0.15) is 5.01 Å². The van der Waals surface area contributed by atoms with Gasteiger partial charge in [-0.15, -0.1) is 11.3 Å². The van der Waals surface area contributed by atoms with Crippen LogP contribution in [0.1, 0.15) is 20.8 Å². The van der Waals surface area contributed by atoms with E-state index in [1.807, 2.05) is 0 Å². The van der Waals surface area contributed by atoms with Gasteiger partial charge >= 0.3 is 0 Å². The van der Waals surface area contributed by atoms with Crippen LogP contribution in [0.4, 0.5) is 4.39 Å². The molecule has 1 aromatic heterocycles. The molecule has 4 rings (SSSR count). The van der Waals surface area contributed by atoms with Gasteiger partial charge < -0.3 is 9.47 Å². The number of thioether (sulfide) groups is 1. The normalized spacial score (nSPS) is 14.6. The Morgan fingerprint density at radius 1 is 1.26 bits per heavy atom. The summed E-state index contributed by atoms with van der Waals surface area (Å²) < 4.78 is 25.6. The number of ether oxygens (including phenoxy) is 2. The van der Waals surface area contributed by atoms with E-state index < -0.39 is 11.8 Å². The highest BCUT2D eigenvalue weighted by Crippen LogP contribution is 2.39. The predicted octanol–water partition coefficient (Wildman–Crippen LogP) is 5.78. The molecular formula is C23H16BrFN2O4S3. The molecule has 174 valence electrons. The van der Waals surface area contributed by atoms with Gasteiger partial charge in [-0.3, -0.25) is 15.0 Å². The number of hydrazine groups is 1. The molecule has 0 bridgehead atoms. The Bertz CT molecular complexity index is 1300. The maximum Gasteiger partial charge on any atom is 0.285 e. The van der Waals surface area contributed by atoms with Crippen molar-refractivity contribution in [1.82, 2.24) is 10.4 Å². The zero-order valence-corrected chi connectivity index (χ0v) is 21.6. The summed E-state index contributed by atoms with van der Waals surface area (Å²) in [4.78, 5) is 26.0. The summed E-state index contributed by atoms with van der Waals surface area (Å²) >= 11 is 11.1. The first kappa shape index (κ1) is 24.4. The van der Waals surface area contributed by atoms with Crippen molar-refractivity contribution in [3.8, 4) is 11.5 Å². The maximum atomic E-state index is 13.4. The third kappa shape index (κ3) is 5.49. The molecule has 0 aliphatic carbocycles. The summed E-state index contributed by atoms with van der Waals surface area (Å²) in [5, 5.41) is 2.84. The van der Waals surface area contributed by atoms with E-state index in [0.29, 0.717) is 36.9 Å². The highest BCUT2D eigenvalue weighted by atomic mass is 79.9. The number of hydrogen-bond donors (Lipinski definition) is 1. The number of nitrogens with zero attached hydrogens (tertiary/aromatic N) is 1. The summed E-state index contributed by atoms with van der Waals surface area (Å²) in [6.45, 7) is 0.147. The van der Waals surface area contributed by atoms with Gasteiger partial charge in [0.15, 0.2) is 15.8 Å². The Labute approximate surface area is 216 Å². The number of nitrogens with one attached hydrogen (secondary N) is 1. The average Bonchev–Trinajstić information content (AvgIpc) is 3.43. The van der Waals surface area contributed by atoms with E-state index in [1.54, 1.807) is 47.9 Å². The van der Waals surface area contributed by atoms with Crippen molar-refractivity contribution in [2.24, 2.45) is 0 Å². The molecule has 0 radical (unpaired) electrons. The van der Waals surface area contributed by atoms with Crippen LogP contribution in [0.25, 0.3) is 6.08 Å². The minimum Gasteiger partial charge on any atom is -0.493 e.